The van der Waals surface area contributed by atoms with E-state index in [1.165, 1.54) is 5.56 Å². The van der Waals surface area contributed by atoms with Gasteiger partial charge in [0, 0.05) is 5.92 Å². The number of aliphatic hydroxyl groups is 1. The van der Waals surface area contributed by atoms with E-state index in [0.29, 0.717) is 6.61 Å². The topological polar surface area (TPSA) is 29.5 Å². The van der Waals surface area contributed by atoms with Crippen LogP contribution in [0.5, 0.6) is 0 Å². The molecule has 0 aromatic heterocycles. The second-order valence-corrected chi connectivity index (χ2v) is 4.01. The first-order chi connectivity index (χ1) is 8.23. The highest BCUT2D eigenvalue weighted by atomic mass is 16.6. The standard InChI is InChI=1S/C15H16O2/c1-2-12-17-15(16)10-8-14(9-11-15)13-6-4-3-5-7-13/h2-11,14,16H,1,12H2. The van der Waals surface area contributed by atoms with Crippen LogP contribution >= 0.6 is 0 Å². The minimum absolute atomic E-state index is 0.198. The lowest BCUT2D eigenvalue weighted by atomic mass is 9.93. The number of hydrogen-bond donors (Lipinski definition) is 1. The Morgan fingerprint density at radius 3 is 2.47 bits per heavy atom. The predicted octanol–water partition coefficient (Wildman–Crippen LogP) is 2.79. The highest BCUT2D eigenvalue weighted by molar-refractivity contribution is 5.33. The molecule has 0 amide bonds. The molecule has 1 N–H and O–H groups in total. The molecule has 0 aliphatic heterocycles. The normalized spacial score (nSPS) is 27.0. The molecule has 1 aromatic carbocycles. The Balaban J connectivity index is 2.08. The molecule has 0 fully saturated rings. The second-order valence-electron chi connectivity index (χ2n) is 4.01. The fourth-order valence-electron chi connectivity index (χ4n) is 1.79. The Hall–Kier alpha value is -1.64. The van der Waals surface area contributed by atoms with E-state index in [0.717, 1.165) is 0 Å². The monoisotopic (exact) mass is 228 g/mol. The zero-order valence-corrected chi connectivity index (χ0v) is 9.62. The molecule has 0 spiro atoms. The van der Waals surface area contributed by atoms with Crippen LogP contribution in [-0.4, -0.2) is 17.5 Å². The van der Waals surface area contributed by atoms with Crippen molar-refractivity contribution in [2.24, 2.45) is 0 Å². The molecule has 0 heterocycles. The lowest BCUT2D eigenvalue weighted by Gasteiger charge is -2.25. The van der Waals surface area contributed by atoms with Crippen LogP contribution in [-0.2, 0) is 4.74 Å². The van der Waals surface area contributed by atoms with Gasteiger partial charge in [-0.25, -0.2) is 0 Å². The highest BCUT2D eigenvalue weighted by Crippen LogP contribution is 2.26. The van der Waals surface area contributed by atoms with Gasteiger partial charge in [0.1, 0.15) is 0 Å². The third-order valence-electron chi connectivity index (χ3n) is 2.70. The van der Waals surface area contributed by atoms with Crippen LogP contribution in [0.3, 0.4) is 0 Å². The first kappa shape index (κ1) is 11.8. The molecule has 0 radical (unpaired) electrons. The largest absolute Gasteiger partial charge is 0.359 e. The van der Waals surface area contributed by atoms with E-state index in [2.05, 4.69) is 18.7 Å². The zero-order valence-electron chi connectivity index (χ0n) is 9.62. The van der Waals surface area contributed by atoms with E-state index in [1.807, 2.05) is 30.4 Å². The summed E-state index contributed by atoms with van der Waals surface area (Å²) in [7, 11) is 0. The van der Waals surface area contributed by atoms with E-state index in [9.17, 15) is 5.11 Å². The van der Waals surface area contributed by atoms with Crippen molar-refractivity contribution in [3.05, 3.63) is 72.9 Å². The molecule has 0 saturated carbocycles. The summed E-state index contributed by atoms with van der Waals surface area (Å²) in [5, 5.41) is 10.0. The lowest BCUT2D eigenvalue weighted by molar-refractivity contribution is -0.121. The maximum Gasteiger partial charge on any atom is 0.205 e. The van der Waals surface area contributed by atoms with E-state index in [-0.39, 0.29) is 5.92 Å². The van der Waals surface area contributed by atoms with Crippen molar-refractivity contribution in [1.29, 1.82) is 0 Å². The first-order valence-corrected chi connectivity index (χ1v) is 5.64. The van der Waals surface area contributed by atoms with Crippen molar-refractivity contribution < 1.29 is 9.84 Å². The lowest BCUT2D eigenvalue weighted by Crippen LogP contribution is -2.29. The molecule has 0 atom stereocenters. The van der Waals surface area contributed by atoms with Crippen molar-refractivity contribution in [2.75, 3.05) is 6.61 Å². The predicted molar refractivity (Wildman–Crippen MR) is 68.6 cm³/mol. The fourth-order valence-corrected chi connectivity index (χ4v) is 1.79. The number of benzene rings is 1. The summed E-state index contributed by atoms with van der Waals surface area (Å²) in [5.74, 6) is -1.09. The molecule has 17 heavy (non-hydrogen) atoms. The zero-order chi connectivity index (χ0) is 12.1. The van der Waals surface area contributed by atoms with Gasteiger partial charge < -0.3 is 9.84 Å². The maximum atomic E-state index is 10.0. The van der Waals surface area contributed by atoms with Crippen molar-refractivity contribution in [3.8, 4) is 0 Å². The summed E-state index contributed by atoms with van der Waals surface area (Å²) in [4.78, 5) is 0. The van der Waals surface area contributed by atoms with Crippen LogP contribution in [0.2, 0.25) is 0 Å². The van der Waals surface area contributed by atoms with Gasteiger partial charge in [-0.2, -0.15) is 0 Å². The van der Waals surface area contributed by atoms with Gasteiger partial charge in [0.15, 0.2) is 0 Å². The minimum atomic E-state index is -1.29. The van der Waals surface area contributed by atoms with Gasteiger partial charge in [-0.3, -0.25) is 0 Å². The Bertz CT molecular complexity index is 417. The average Bonchev–Trinajstić information content (AvgIpc) is 2.38. The van der Waals surface area contributed by atoms with Crippen molar-refractivity contribution in [3.63, 3.8) is 0 Å². The van der Waals surface area contributed by atoms with Gasteiger partial charge in [-0.15, -0.1) is 6.58 Å². The van der Waals surface area contributed by atoms with Crippen LogP contribution in [0, 0.1) is 0 Å². The molecule has 2 rings (SSSR count). The molecule has 0 bridgehead atoms. The SMILES string of the molecule is C=CCOC1(O)C=CC(c2ccccc2)C=C1. The van der Waals surface area contributed by atoms with Gasteiger partial charge in [-0.1, -0.05) is 48.6 Å². The third kappa shape index (κ3) is 2.93. The average molecular weight is 228 g/mol. The Morgan fingerprint density at radius 1 is 1.24 bits per heavy atom. The fraction of sp³-hybridized carbons (Fsp3) is 0.200. The van der Waals surface area contributed by atoms with Gasteiger partial charge >= 0.3 is 0 Å². The van der Waals surface area contributed by atoms with Crippen molar-refractivity contribution >= 4 is 0 Å². The molecule has 1 aromatic rings. The Kier molecular flexibility index (Phi) is 3.57. The smallest absolute Gasteiger partial charge is 0.205 e. The quantitative estimate of drug-likeness (QED) is 0.634. The molecule has 1 aliphatic carbocycles. The first-order valence-electron chi connectivity index (χ1n) is 5.64. The summed E-state index contributed by atoms with van der Waals surface area (Å²) in [6.07, 6.45) is 8.85. The van der Waals surface area contributed by atoms with Crippen LogP contribution in [0.1, 0.15) is 11.5 Å². The van der Waals surface area contributed by atoms with E-state index in [1.54, 1.807) is 18.2 Å². The minimum Gasteiger partial charge on any atom is -0.359 e. The number of rotatable bonds is 4. The Morgan fingerprint density at radius 2 is 1.88 bits per heavy atom. The molecule has 2 nitrogen and oxygen atoms in total. The molecule has 0 saturated heterocycles. The summed E-state index contributed by atoms with van der Waals surface area (Å²) in [5.41, 5.74) is 1.20. The molecular weight excluding hydrogens is 212 g/mol. The third-order valence-corrected chi connectivity index (χ3v) is 2.70. The second kappa shape index (κ2) is 5.13. The summed E-state index contributed by atoms with van der Waals surface area (Å²) in [6.45, 7) is 3.88. The molecule has 0 unspecified atom stereocenters. The molecular formula is C15H16O2. The van der Waals surface area contributed by atoms with E-state index >= 15 is 0 Å². The van der Waals surface area contributed by atoms with Crippen LogP contribution in [0.25, 0.3) is 0 Å². The Labute approximate surface area is 102 Å². The molecule has 1 aliphatic rings. The summed E-state index contributed by atoms with van der Waals surface area (Å²) in [6, 6.07) is 10.1. The number of hydrogen-bond acceptors (Lipinski definition) is 2. The van der Waals surface area contributed by atoms with Gasteiger partial charge in [-0.05, 0) is 17.7 Å². The van der Waals surface area contributed by atoms with E-state index in [4.69, 9.17) is 4.74 Å². The molecule has 2 heteroatoms. The van der Waals surface area contributed by atoms with Crippen LogP contribution in [0.15, 0.2) is 67.3 Å². The van der Waals surface area contributed by atoms with Crippen LogP contribution < -0.4 is 0 Å². The van der Waals surface area contributed by atoms with Gasteiger partial charge in [0.05, 0.1) is 6.61 Å². The van der Waals surface area contributed by atoms with Crippen molar-refractivity contribution in [1.82, 2.24) is 0 Å². The van der Waals surface area contributed by atoms with Crippen LogP contribution in [0.4, 0.5) is 0 Å². The summed E-state index contributed by atoms with van der Waals surface area (Å²) >= 11 is 0. The summed E-state index contributed by atoms with van der Waals surface area (Å²) < 4.78 is 5.27. The highest BCUT2D eigenvalue weighted by Gasteiger charge is 2.24. The van der Waals surface area contributed by atoms with Gasteiger partial charge in [0.2, 0.25) is 5.79 Å². The maximum absolute atomic E-state index is 10.0. The number of ether oxygens (including phenoxy) is 1. The number of allylic oxidation sites excluding steroid dienone is 2. The molecule has 88 valence electrons. The van der Waals surface area contributed by atoms with Crippen molar-refractivity contribution in [2.45, 2.75) is 11.7 Å². The van der Waals surface area contributed by atoms with E-state index < -0.39 is 5.79 Å². The van der Waals surface area contributed by atoms with Gasteiger partial charge in [0.25, 0.3) is 0 Å².